The summed E-state index contributed by atoms with van der Waals surface area (Å²) in [7, 11) is 1.52. The van der Waals surface area contributed by atoms with Gasteiger partial charge in [-0.3, -0.25) is 9.59 Å². The number of hydrogen-bond donors (Lipinski definition) is 1. The quantitative estimate of drug-likeness (QED) is 0.497. The molecule has 0 saturated carbocycles. The van der Waals surface area contributed by atoms with Gasteiger partial charge in [0.05, 0.1) is 18.4 Å². The van der Waals surface area contributed by atoms with Crippen molar-refractivity contribution in [3.63, 3.8) is 0 Å². The van der Waals surface area contributed by atoms with Crippen LogP contribution in [0.1, 0.15) is 31.9 Å². The molecule has 1 aliphatic rings. The molecule has 3 aromatic carbocycles. The number of ether oxygens (including phenoxy) is 1. The third kappa shape index (κ3) is 4.29. The van der Waals surface area contributed by atoms with Crippen molar-refractivity contribution in [1.29, 1.82) is 0 Å². The molecule has 0 radical (unpaired) electrons. The number of hydrogen-bond acceptors (Lipinski definition) is 4. The molecule has 1 N–H and O–H groups in total. The predicted octanol–water partition coefficient (Wildman–Crippen LogP) is 5.67. The van der Waals surface area contributed by atoms with E-state index in [0.29, 0.717) is 23.1 Å². The Labute approximate surface area is 196 Å². The van der Waals surface area contributed by atoms with Gasteiger partial charge in [0.15, 0.2) is 0 Å². The Morgan fingerprint density at radius 3 is 2.06 bits per heavy atom. The maximum atomic E-state index is 14.5. The van der Waals surface area contributed by atoms with Gasteiger partial charge in [-0.2, -0.15) is 0 Å². The minimum atomic E-state index is -1.01. The number of amides is 2. The van der Waals surface area contributed by atoms with Gasteiger partial charge in [-0.15, -0.1) is 0 Å². The molecule has 0 spiro atoms. The maximum Gasteiger partial charge on any atom is 0.282 e. The number of anilines is 2. The van der Waals surface area contributed by atoms with E-state index in [1.165, 1.54) is 7.11 Å². The summed E-state index contributed by atoms with van der Waals surface area (Å²) in [6.07, 6.45) is 0. The van der Waals surface area contributed by atoms with E-state index in [-0.39, 0.29) is 22.4 Å². The van der Waals surface area contributed by atoms with Crippen LogP contribution in [0.15, 0.2) is 72.4 Å². The van der Waals surface area contributed by atoms with Crippen LogP contribution < -0.4 is 15.0 Å². The van der Waals surface area contributed by atoms with E-state index in [9.17, 15) is 18.4 Å². The van der Waals surface area contributed by atoms with Gasteiger partial charge in [-0.05, 0) is 52.9 Å². The number of benzene rings is 3. The van der Waals surface area contributed by atoms with Crippen molar-refractivity contribution in [1.82, 2.24) is 0 Å². The molecular weight excluding hydrogens is 438 g/mol. The fourth-order valence-electron chi connectivity index (χ4n) is 3.75. The van der Waals surface area contributed by atoms with E-state index in [1.54, 1.807) is 24.3 Å². The summed E-state index contributed by atoms with van der Waals surface area (Å²) < 4.78 is 33.2. The third-order valence-corrected chi connectivity index (χ3v) is 5.63. The third-order valence-electron chi connectivity index (χ3n) is 5.63. The van der Waals surface area contributed by atoms with Gasteiger partial charge < -0.3 is 10.1 Å². The number of methoxy groups -OCH3 is 1. The highest BCUT2D eigenvalue weighted by molar-refractivity contribution is 6.46. The highest BCUT2D eigenvalue weighted by Gasteiger charge is 2.41. The van der Waals surface area contributed by atoms with Crippen molar-refractivity contribution in [3.8, 4) is 5.75 Å². The molecule has 0 fully saturated rings. The van der Waals surface area contributed by atoms with Crippen LogP contribution in [0, 0.1) is 11.6 Å². The Balaban J connectivity index is 1.79. The lowest BCUT2D eigenvalue weighted by Crippen LogP contribution is -2.33. The van der Waals surface area contributed by atoms with Crippen LogP contribution in [0.2, 0.25) is 0 Å². The van der Waals surface area contributed by atoms with E-state index in [2.05, 4.69) is 26.1 Å². The smallest absolute Gasteiger partial charge is 0.282 e. The average molecular weight is 462 g/mol. The normalized spacial score (nSPS) is 14.1. The molecule has 2 amide bonds. The molecule has 1 aliphatic heterocycles. The maximum absolute atomic E-state index is 14.5. The van der Waals surface area contributed by atoms with Gasteiger partial charge in [0.25, 0.3) is 11.8 Å². The lowest BCUT2D eigenvalue weighted by molar-refractivity contribution is -0.120. The Bertz CT molecular complexity index is 1290. The topological polar surface area (TPSA) is 58.6 Å². The highest BCUT2D eigenvalue weighted by atomic mass is 19.1. The lowest BCUT2D eigenvalue weighted by atomic mass is 9.87. The molecule has 0 aliphatic carbocycles. The fraction of sp³-hybridized carbons (Fsp3) is 0.185. The minimum Gasteiger partial charge on any atom is -0.497 e. The molecule has 174 valence electrons. The molecule has 5 nitrogen and oxygen atoms in total. The predicted molar refractivity (Wildman–Crippen MR) is 128 cm³/mol. The molecule has 0 aromatic heterocycles. The molecule has 3 aromatic rings. The number of nitrogens with one attached hydrogen (secondary N) is 1. The van der Waals surface area contributed by atoms with Crippen molar-refractivity contribution in [2.45, 2.75) is 26.2 Å². The number of carbonyl (C=O) groups excluding carboxylic acids is 2. The summed E-state index contributed by atoms with van der Waals surface area (Å²) in [5, 5.41) is 3.05. The lowest BCUT2D eigenvalue weighted by Gasteiger charge is -2.19. The molecule has 0 atom stereocenters. The first-order valence-corrected chi connectivity index (χ1v) is 10.7. The SMILES string of the molecule is COc1ccc(C2=C(Nc3ccc(C(C)(C)C)cc3)C(=O)N(c3ccc(F)cc3F)C2=O)cc1. The van der Waals surface area contributed by atoms with Crippen molar-refractivity contribution in [2.75, 3.05) is 17.3 Å². The number of halogens is 2. The molecule has 0 bridgehead atoms. The van der Waals surface area contributed by atoms with E-state index in [4.69, 9.17) is 4.74 Å². The van der Waals surface area contributed by atoms with Crippen LogP contribution in [0.4, 0.5) is 20.2 Å². The van der Waals surface area contributed by atoms with Gasteiger partial charge in [-0.1, -0.05) is 45.0 Å². The van der Waals surface area contributed by atoms with Gasteiger partial charge >= 0.3 is 0 Å². The number of imide groups is 1. The largest absolute Gasteiger partial charge is 0.497 e. The molecule has 7 heteroatoms. The summed E-state index contributed by atoms with van der Waals surface area (Å²) in [5.74, 6) is -2.68. The summed E-state index contributed by atoms with van der Waals surface area (Å²) in [6.45, 7) is 6.27. The van der Waals surface area contributed by atoms with Crippen LogP contribution in [0.5, 0.6) is 5.75 Å². The first-order valence-electron chi connectivity index (χ1n) is 10.7. The van der Waals surface area contributed by atoms with E-state index < -0.39 is 23.4 Å². The standard InChI is InChI=1S/C27H24F2N2O3/c1-27(2,3)17-7-10-19(11-8-17)30-24-23(16-5-12-20(34-4)13-6-16)25(32)31(26(24)33)22-14-9-18(28)15-21(22)29/h5-15,30H,1-4H3. The molecule has 1 heterocycles. The van der Waals surface area contributed by atoms with Crippen molar-refractivity contribution in [2.24, 2.45) is 0 Å². The minimum absolute atomic E-state index is 0.00222. The zero-order chi connectivity index (χ0) is 24.6. The average Bonchev–Trinajstić information content (AvgIpc) is 3.03. The van der Waals surface area contributed by atoms with Crippen molar-refractivity contribution >= 4 is 28.8 Å². The number of nitrogens with zero attached hydrogens (tertiary/aromatic N) is 1. The zero-order valence-corrected chi connectivity index (χ0v) is 19.3. The zero-order valence-electron chi connectivity index (χ0n) is 19.3. The summed E-state index contributed by atoms with van der Waals surface area (Å²) in [5.41, 5.74) is 1.86. The molecule has 4 rings (SSSR count). The van der Waals surface area contributed by atoms with Crippen LogP contribution in [-0.4, -0.2) is 18.9 Å². The van der Waals surface area contributed by atoms with E-state index in [1.807, 2.05) is 24.3 Å². The first-order chi connectivity index (χ1) is 16.1. The monoisotopic (exact) mass is 462 g/mol. The second kappa shape index (κ2) is 8.74. The van der Waals surface area contributed by atoms with Crippen molar-refractivity contribution in [3.05, 3.63) is 95.2 Å². The Morgan fingerprint density at radius 1 is 0.853 bits per heavy atom. The van der Waals surface area contributed by atoms with Crippen molar-refractivity contribution < 1.29 is 23.1 Å². The Morgan fingerprint density at radius 2 is 1.50 bits per heavy atom. The molecule has 0 unspecified atom stereocenters. The fourth-order valence-corrected chi connectivity index (χ4v) is 3.75. The van der Waals surface area contributed by atoms with Gasteiger partial charge in [0, 0.05) is 11.8 Å². The van der Waals surface area contributed by atoms with Crippen LogP contribution in [-0.2, 0) is 15.0 Å². The Hall–Kier alpha value is -4.00. The van der Waals surface area contributed by atoms with Gasteiger partial charge in [0.1, 0.15) is 23.1 Å². The second-order valence-electron chi connectivity index (χ2n) is 8.97. The van der Waals surface area contributed by atoms with Gasteiger partial charge in [-0.25, -0.2) is 13.7 Å². The van der Waals surface area contributed by atoms with Gasteiger partial charge in [0.2, 0.25) is 0 Å². The number of rotatable bonds is 5. The molecule has 0 saturated heterocycles. The molecule has 34 heavy (non-hydrogen) atoms. The van der Waals surface area contributed by atoms with Crippen LogP contribution >= 0.6 is 0 Å². The summed E-state index contributed by atoms with van der Waals surface area (Å²) in [6, 6.07) is 16.9. The van der Waals surface area contributed by atoms with E-state index in [0.717, 1.165) is 22.6 Å². The summed E-state index contributed by atoms with van der Waals surface area (Å²) >= 11 is 0. The molecular formula is C27H24F2N2O3. The number of carbonyl (C=O) groups is 2. The van der Waals surface area contributed by atoms with E-state index >= 15 is 0 Å². The first kappa shape index (κ1) is 23.2. The summed E-state index contributed by atoms with van der Waals surface area (Å²) in [4.78, 5) is 27.5. The van der Waals surface area contributed by atoms with Crippen LogP contribution in [0.3, 0.4) is 0 Å². The van der Waals surface area contributed by atoms with Crippen LogP contribution in [0.25, 0.3) is 5.57 Å². The second-order valence-corrected chi connectivity index (χ2v) is 8.97. The highest BCUT2D eigenvalue weighted by Crippen LogP contribution is 2.36. The Kier molecular flexibility index (Phi) is 5.96.